The quantitative estimate of drug-likeness (QED) is 0.706. The number of piperazine rings is 1. The minimum Gasteiger partial charge on any atom is -0.480 e. The van der Waals surface area contributed by atoms with Gasteiger partial charge in [-0.15, -0.1) is 11.8 Å². The van der Waals surface area contributed by atoms with Crippen molar-refractivity contribution < 1.29 is 19.8 Å². The van der Waals surface area contributed by atoms with Crippen LogP contribution < -0.4 is 0 Å². The van der Waals surface area contributed by atoms with E-state index in [2.05, 4.69) is 4.90 Å². The van der Waals surface area contributed by atoms with Gasteiger partial charge in [-0.25, -0.2) is 9.59 Å². The number of aliphatic hydroxyl groups excluding tert-OH is 1. The summed E-state index contributed by atoms with van der Waals surface area (Å²) in [7, 11) is 0. The van der Waals surface area contributed by atoms with E-state index in [0.29, 0.717) is 31.3 Å². The Balaban J connectivity index is 1.89. The number of carbonyl (C=O) groups is 2. The molecule has 2 aliphatic rings. The Labute approximate surface area is 116 Å². The lowest BCUT2D eigenvalue weighted by Crippen LogP contribution is -2.55. The molecule has 0 aliphatic carbocycles. The smallest absolute Gasteiger partial charge is 0.327 e. The lowest BCUT2D eigenvalue weighted by Gasteiger charge is -2.37. The molecule has 2 saturated heterocycles. The van der Waals surface area contributed by atoms with Crippen LogP contribution in [0.5, 0.6) is 0 Å². The van der Waals surface area contributed by atoms with Crippen molar-refractivity contribution in [3.63, 3.8) is 0 Å². The van der Waals surface area contributed by atoms with Crippen LogP contribution in [-0.2, 0) is 4.79 Å². The van der Waals surface area contributed by atoms with Crippen molar-refractivity contribution in [2.75, 3.05) is 51.0 Å². The van der Waals surface area contributed by atoms with E-state index in [0.717, 1.165) is 13.1 Å². The van der Waals surface area contributed by atoms with Gasteiger partial charge in [-0.05, 0) is 0 Å². The van der Waals surface area contributed by atoms with Gasteiger partial charge in [-0.1, -0.05) is 0 Å². The fourth-order valence-electron chi connectivity index (χ4n) is 2.32. The summed E-state index contributed by atoms with van der Waals surface area (Å²) < 4.78 is 0. The van der Waals surface area contributed by atoms with Crippen LogP contribution in [0.4, 0.5) is 4.79 Å². The number of aliphatic hydroxyl groups is 1. The Bertz CT molecular complexity index is 347. The lowest BCUT2D eigenvalue weighted by atomic mass is 10.3. The molecule has 0 aromatic carbocycles. The fourth-order valence-corrected chi connectivity index (χ4v) is 3.46. The Hall–Kier alpha value is -0.990. The number of aliphatic carboxylic acids is 1. The van der Waals surface area contributed by atoms with E-state index in [4.69, 9.17) is 10.2 Å². The number of amides is 2. The summed E-state index contributed by atoms with van der Waals surface area (Å²) in [6.45, 7) is 3.38. The van der Waals surface area contributed by atoms with Gasteiger partial charge < -0.3 is 20.0 Å². The molecular weight excluding hydrogens is 270 g/mol. The second kappa shape index (κ2) is 6.44. The van der Waals surface area contributed by atoms with Crippen molar-refractivity contribution in [1.29, 1.82) is 0 Å². The van der Waals surface area contributed by atoms with Crippen molar-refractivity contribution in [1.82, 2.24) is 14.7 Å². The number of β-amino-alcohol motifs (C(OH)–C–C–N with tert-alkyl or cyclic N) is 1. The molecule has 1 atom stereocenters. The topological polar surface area (TPSA) is 84.3 Å². The van der Waals surface area contributed by atoms with Gasteiger partial charge in [0.15, 0.2) is 0 Å². The molecule has 0 radical (unpaired) electrons. The van der Waals surface area contributed by atoms with Gasteiger partial charge in [0.25, 0.3) is 0 Å². The van der Waals surface area contributed by atoms with Gasteiger partial charge in [0, 0.05) is 38.5 Å². The van der Waals surface area contributed by atoms with Crippen LogP contribution in [0.2, 0.25) is 0 Å². The first-order chi connectivity index (χ1) is 9.13. The number of carboxylic acid groups (broad SMARTS) is 1. The van der Waals surface area contributed by atoms with Crippen molar-refractivity contribution in [3.05, 3.63) is 0 Å². The van der Waals surface area contributed by atoms with Gasteiger partial charge in [0.05, 0.1) is 12.5 Å². The van der Waals surface area contributed by atoms with Crippen molar-refractivity contribution in [2.45, 2.75) is 6.04 Å². The zero-order chi connectivity index (χ0) is 13.8. The van der Waals surface area contributed by atoms with E-state index in [1.165, 1.54) is 16.7 Å². The number of carboxylic acids is 1. The van der Waals surface area contributed by atoms with Crippen LogP contribution in [-0.4, -0.2) is 93.9 Å². The number of hydrogen-bond acceptors (Lipinski definition) is 5. The Kier molecular flexibility index (Phi) is 4.89. The first-order valence-electron chi connectivity index (χ1n) is 6.33. The van der Waals surface area contributed by atoms with Gasteiger partial charge in [0.2, 0.25) is 0 Å². The van der Waals surface area contributed by atoms with E-state index in [9.17, 15) is 9.59 Å². The molecule has 2 N–H and O–H groups in total. The number of carbonyl (C=O) groups excluding carboxylic acids is 1. The SMILES string of the molecule is O=C(O)[C@@H]1CSCN1C(=O)N1CCN(CCO)CC1. The molecule has 0 aromatic rings. The highest BCUT2D eigenvalue weighted by Gasteiger charge is 2.37. The number of hydrogen-bond donors (Lipinski definition) is 2. The van der Waals surface area contributed by atoms with E-state index in [-0.39, 0.29) is 12.6 Å². The van der Waals surface area contributed by atoms with E-state index in [1.54, 1.807) is 4.90 Å². The summed E-state index contributed by atoms with van der Waals surface area (Å²) in [5.41, 5.74) is 0. The number of urea groups is 1. The van der Waals surface area contributed by atoms with Crippen LogP contribution in [0, 0.1) is 0 Å². The summed E-state index contributed by atoms with van der Waals surface area (Å²) in [5, 5.41) is 17.9. The van der Waals surface area contributed by atoms with Crippen molar-refractivity contribution >= 4 is 23.8 Å². The molecule has 7 nitrogen and oxygen atoms in total. The summed E-state index contributed by atoms with van der Waals surface area (Å²) >= 11 is 1.47. The molecule has 0 saturated carbocycles. The molecule has 0 aromatic heterocycles. The fraction of sp³-hybridized carbons (Fsp3) is 0.818. The van der Waals surface area contributed by atoms with Gasteiger partial charge >= 0.3 is 12.0 Å². The zero-order valence-corrected chi connectivity index (χ0v) is 11.5. The lowest BCUT2D eigenvalue weighted by molar-refractivity contribution is -0.141. The third-order valence-corrected chi connectivity index (χ3v) is 4.48. The van der Waals surface area contributed by atoms with E-state index < -0.39 is 12.0 Å². The largest absolute Gasteiger partial charge is 0.480 e. The monoisotopic (exact) mass is 289 g/mol. The molecular formula is C11H19N3O4S. The molecule has 2 heterocycles. The predicted octanol–water partition coefficient (Wildman–Crippen LogP) is -0.824. The molecule has 0 spiro atoms. The van der Waals surface area contributed by atoms with Gasteiger partial charge in [-0.3, -0.25) is 4.90 Å². The van der Waals surface area contributed by atoms with E-state index >= 15 is 0 Å². The normalized spacial score (nSPS) is 24.8. The molecule has 19 heavy (non-hydrogen) atoms. The molecule has 0 bridgehead atoms. The second-order valence-electron chi connectivity index (χ2n) is 4.66. The molecule has 8 heteroatoms. The maximum Gasteiger partial charge on any atom is 0.327 e. The average Bonchev–Trinajstić information content (AvgIpc) is 2.88. The average molecular weight is 289 g/mol. The van der Waals surface area contributed by atoms with E-state index in [1.807, 2.05) is 0 Å². The summed E-state index contributed by atoms with van der Waals surface area (Å²) in [6, 6.07) is -0.881. The third kappa shape index (κ3) is 3.31. The molecule has 2 fully saturated rings. The highest BCUT2D eigenvalue weighted by atomic mass is 32.2. The minimum absolute atomic E-state index is 0.123. The molecule has 108 valence electrons. The molecule has 2 rings (SSSR count). The summed E-state index contributed by atoms with van der Waals surface area (Å²) in [5.74, 6) is -0.0182. The Morgan fingerprint density at radius 3 is 2.47 bits per heavy atom. The van der Waals surface area contributed by atoms with Crippen LogP contribution >= 0.6 is 11.8 Å². The van der Waals surface area contributed by atoms with Crippen LogP contribution in [0.3, 0.4) is 0 Å². The molecule has 0 unspecified atom stereocenters. The summed E-state index contributed by atoms with van der Waals surface area (Å²) in [6.07, 6.45) is 0. The van der Waals surface area contributed by atoms with Crippen LogP contribution in [0.1, 0.15) is 0 Å². The Morgan fingerprint density at radius 1 is 1.21 bits per heavy atom. The third-order valence-electron chi connectivity index (χ3n) is 3.47. The number of rotatable bonds is 3. The minimum atomic E-state index is -0.933. The zero-order valence-electron chi connectivity index (χ0n) is 10.7. The van der Waals surface area contributed by atoms with Crippen molar-refractivity contribution in [2.24, 2.45) is 0 Å². The van der Waals surface area contributed by atoms with Crippen LogP contribution in [0.25, 0.3) is 0 Å². The maximum atomic E-state index is 12.3. The number of nitrogens with zero attached hydrogens (tertiary/aromatic N) is 3. The molecule has 2 amide bonds. The van der Waals surface area contributed by atoms with Gasteiger partial charge in [-0.2, -0.15) is 0 Å². The van der Waals surface area contributed by atoms with Gasteiger partial charge in [0.1, 0.15) is 6.04 Å². The highest BCUT2D eigenvalue weighted by Crippen LogP contribution is 2.22. The van der Waals surface area contributed by atoms with Crippen molar-refractivity contribution in [3.8, 4) is 0 Å². The highest BCUT2D eigenvalue weighted by molar-refractivity contribution is 7.99. The summed E-state index contributed by atoms with van der Waals surface area (Å²) in [4.78, 5) is 28.6. The standard InChI is InChI=1S/C11H19N3O4S/c15-6-5-12-1-3-13(4-2-12)11(18)14-8-19-7-9(14)10(16)17/h9,15H,1-8H2,(H,16,17)/t9-/m0/s1. The Morgan fingerprint density at radius 2 is 1.89 bits per heavy atom. The molecule has 2 aliphatic heterocycles. The first kappa shape index (κ1) is 14.4. The van der Waals surface area contributed by atoms with Crippen LogP contribution in [0.15, 0.2) is 0 Å². The first-order valence-corrected chi connectivity index (χ1v) is 7.48. The second-order valence-corrected chi connectivity index (χ2v) is 5.66. The number of thioether (sulfide) groups is 1. The maximum absolute atomic E-state index is 12.3. The predicted molar refractivity (Wildman–Crippen MR) is 71.1 cm³/mol.